The van der Waals surface area contributed by atoms with E-state index in [1.54, 1.807) is 0 Å². The Hall–Kier alpha value is -2.87. The lowest BCUT2D eigenvalue weighted by Crippen LogP contribution is -2.57. The van der Waals surface area contributed by atoms with E-state index in [2.05, 4.69) is 53.8 Å². The van der Waals surface area contributed by atoms with Crippen molar-refractivity contribution in [3.8, 4) is 11.1 Å². The maximum atomic E-state index is 12.9. The SMILES string of the molecule is CC1(C)O[C@H]([C@@H](C=O)NC2(c3ccccc3)c3ccccc3-c3ccccc32)[C@@H]([C@H]2COC(C)(C)O2)O1. The molecule has 2 heterocycles. The van der Waals surface area contributed by atoms with E-state index < -0.39 is 35.4 Å². The molecule has 4 atom stereocenters. The normalized spacial score (nSPS) is 27.4. The number of hydrogen-bond acceptors (Lipinski definition) is 6. The van der Waals surface area contributed by atoms with Gasteiger partial charge in [0.2, 0.25) is 0 Å². The molecule has 0 unspecified atom stereocenters. The summed E-state index contributed by atoms with van der Waals surface area (Å²) in [5.74, 6) is -1.59. The number of nitrogens with one attached hydrogen (secondary N) is 1. The summed E-state index contributed by atoms with van der Waals surface area (Å²) in [4.78, 5) is 12.9. The number of ether oxygens (including phenoxy) is 4. The minimum absolute atomic E-state index is 0.359. The summed E-state index contributed by atoms with van der Waals surface area (Å²) in [5, 5.41) is 3.79. The number of benzene rings is 3. The lowest BCUT2D eigenvalue weighted by Gasteiger charge is -2.38. The number of rotatable bonds is 6. The topological polar surface area (TPSA) is 66.0 Å². The van der Waals surface area contributed by atoms with Crippen molar-refractivity contribution in [1.82, 2.24) is 5.32 Å². The van der Waals surface area contributed by atoms with Crippen LogP contribution in [0.5, 0.6) is 0 Å². The number of fused-ring (bicyclic) bond motifs is 3. The smallest absolute Gasteiger partial charge is 0.163 e. The zero-order valence-corrected chi connectivity index (χ0v) is 21.6. The second-order valence-electron chi connectivity index (χ2n) is 10.9. The molecule has 3 aromatic rings. The van der Waals surface area contributed by atoms with E-state index in [1.807, 2.05) is 58.0 Å². The average Bonchev–Trinajstić information content (AvgIpc) is 3.52. The molecule has 0 bridgehead atoms. The van der Waals surface area contributed by atoms with E-state index in [0.717, 1.165) is 34.1 Å². The lowest BCUT2D eigenvalue weighted by molar-refractivity contribution is -0.175. The average molecular weight is 500 g/mol. The molecular weight excluding hydrogens is 466 g/mol. The van der Waals surface area contributed by atoms with E-state index in [0.29, 0.717) is 6.61 Å². The van der Waals surface area contributed by atoms with E-state index in [9.17, 15) is 4.79 Å². The van der Waals surface area contributed by atoms with Crippen molar-refractivity contribution < 1.29 is 23.7 Å². The van der Waals surface area contributed by atoms with Crippen molar-refractivity contribution in [2.45, 2.75) is 69.2 Å². The molecule has 3 aliphatic rings. The molecule has 0 amide bonds. The first-order valence-corrected chi connectivity index (χ1v) is 12.9. The van der Waals surface area contributed by atoms with E-state index >= 15 is 0 Å². The van der Waals surface area contributed by atoms with Gasteiger partial charge >= 0.3 is 0 Å². The highest BCUT2D eigenvalue weighted by molar-refractivity contribution is 5.83. The molecule has 0 saturated carbocycles. The molecule has 2 aliphatic heterocycles. The summed E-state index contributed by atoms with van der Waals surface area (Å²) in [7, 11) is 0. The van der Waals surface area contributed by atoms with Crippen molar-refractivity contribution >= 4 is 6.29 Å². The first kappa shape index (κ1) is 24.5. The fourth-order valence-electron chi connectivity index (χ4n) is 6.18. The van der Waals surface area contributed by atoms with Crippen molar-refractivity contribution in [3.05, 3.63) is 95.6 Å². The largest absolute Gasteiger partial charge is 0.348 e. The maximum absolute atomic E-state index is 12.9. The van der Waals surface area contributed by atoms with Crippen LogP contribution >= 0.6 is 0 Å². The summed E-state index contributed by atoms with van der Waals surface area (Å²) in [6.45, 7) is 7.88. The standard InChI is InChI=1S/C31H33NO5/c1-29(2)34-19-26(35-29)28-27(36-30(3,4)37-28)25(18-33)32-31(20-12-6-5-7-13-20)23-16-10-8-14-21(23)22-15-9-11-17-24(22)31/h5-18,25-28,32H,19H2,1-4H3/t25-,26-,27-,28-/m1/s1. The molecule has 6 heteroatoms. The Balaban J connectivity index is 1.47. The van der Waals surface area contributed by atoms with Crippen molar-refractivity contribution in [2.75, 3.05) is 6.61 Å². The zero-order valence-electron chi connectivity index (χ0n) is 21.6. The molecule has 0 aromatic heterocycles. The van der Waals surface area contributed by atoms with Crippen LogP contribution in [-0.4, -0.2) is 48.8 Å². The van der Waals surface area contributed by atoms with Gasteiger partial charge in [-0.05, 0) is 55.5 Å². The van der Waals surface area contributed by atoms with Crippen LogP contribution in [0.25, 0.3) is 11.1 Å². The summed E-state index contributed by atoms with van der Waals surface area (Å²) < 4.78 is 24.8. The van der Waals surface area contributed by atoms with Crippen LogP contribution < -0.4 is 5.32 Å². The Bertz CT molecular complexity index is 1260. The molecule has 3 aromatic carbocycles. The Morgan fingerprint density at radius 3 is 1.95 bits per heavy atom. The molecular formula is C31H33NO5. The fraction of sp³-hybridized carbons (Fsp3) is 0.387. The quantitative estimate of drug-likeness (QED) is 0.492. The molecule has 6 nitrogen and oxygen atoms in total. The third-order valence-electron chi connectivity index (χ3n) is 7.60. The van der Waals surface area contributed by atoms with E-state index in [4.69, 9.17) is 18.9 Å². The molecule has 0 spiro atoms. The number of carbonyl (C=O) groups excluding carboxylic acids is 1. The van der Waals surface area contributed by atoms with Gasteiger partial charge in [0, 0.05) is 0 Å². The third-order valence-corrected chi connectivity index (χ3v) is 7.60. The Kier molecular flexibility index (Phi) is 5.86. The van der Waals surface area contributed by atoms with Crippen molar-refractivity contribution in [2.24, 2.45) is 0 Å². The van der Waals surface area contributed by atoms with Crippen LogP contribution in [0, 0.1) is 0 Å². The molecule has 37 heavy (non-hydrogen) atoms. The van der Waals surface area contributed by atoms with Crippen LogP contribution in [0.2, 0.25) is 0 Å². The third kappa shape index (κ3) is 4.04. The van der Waals surface area contributed by atoms with Gasteiger partial charge in [-0.1, -0.05) is 78.9 Å². The monoisotopic (exact) mass is 499 g/mol. The minimum atomic E-state index is -0.875. The second kappa shape index (κ2) is 8.86. The van der Waals surface area contributed by atoms with Crippen molar-refractivity contribution in [3.63, 3.8) is 0 Å². The Morgan fingerprint density at radius 2 is 1.38 bits per heavy atom. The summed E-state index contributed by atoms with van der Waals surface area (Å²) in [6.07, 6.45) is -0.492. The summed E-state index contributed by atoms with van der Waals surface area (Å²) >= 11 is 0. The van der Waals surface area contributed by atoms with Gasteiger partial charge < -0.3 is 23.7 Å². The molecule has 192 valence electrons. The highest BCUT2D eigenvalue weighted by atomic mass is 16.8. The molecule has 2 saturated heterocycles. The van der Waals surface area contributed by atoms with Gasteiger partial charge in [0.1, 0.15) is 24.6 Å². The maximum Gasteiger partial charge on any atom is 0.163 e. The minimum Gasteiger partial charge on any atom is -0.348 e. The lowest BCUT2D eigenvalue weighted by atomic mass is 9.79. The van der Waals surface area contributed by atoms with Gasteiger partial charge in [0.05, 0.1) is 18.2 Å². The number of carbonyl (C=O) groups is 1. The molecule has 0 radical (unpaired) electrons. The molecule has 1 aliphatic carbocycles. The highest BCUT2D eigenvalue weighted by Crippen LogP contribution is 2.51. The second-order valence-corrected chi connectivity index (χ2v) is 10.9. The van der Waals surface area contributed by atoms with Gasteiger partial charge in [-0.15, -0.1) is 0 Å². The van der Waals surface area contributed by atoms with E-state index in [1.165, 1.54) is 0 Å². The first-order valence-electron chi connectivity index (χ1n) is 12.9. The fourth-order valence-corrected chi connectivity index (χ4v) is 6.18. The molecule has 2 fully saturated rings. The van der Waals surface area contributed by atoms with E-state index in [-0.39, 0.29) is 6.10 Å². The van der Waals surface area contributed by atoms with Crippen LogP contribution in [0.1, 0.15) is 44.4 Å². The van der Waals surface area contributed by atoms with Gasteiger partial charge in [0.25, 0.3) is 0 Å². The highest BCUT2D eigenvalue weighted by Gasteiger charge is 2.54. The predicted molar refractivity (Wildman–Crippen MR) is 140 cm³/mol. The predicted octanol–water partition coefficient (Wildman–Crippen LogP) is 4.79. The first-order chi connectivity index (χ1) is 17.7. The van der Waals surface area contributed by atoms with Gasteiger partial charge in [-0.25, -0.2) is 0 Å². The van der Waals surface area contributed by atoms with Crippen LogP contribution in [-0.2, 0) is 29.3 Å². The van der Waals surface area contributed by atoms with Gasteiger partial charge in [-0.2, -0.15) is 0 Å². The van der Waals surface area contributed by atoms with Crippen LogP contribution in [0.15, 0.2) is 78.9 Å². The zero-order chi connectivity index (χ0) is 25.8. The van der Waals surface area contributed by atoms with Gasteiger partial charge in [0.15, 0.2) is 11.6 Å². The molecule has 6 rings (SSSR count). The summed E-state index contributed by atoms with van der Waals surface area (Å²) in [5.41, 5.74) is 4.79. The van der Waals surface area contributed by atoms with Crippen LogP contribution in [0.3, 0.4) is 0 Å². The Labute approximate surface area is 217 Å². The molecule has 1 N–H and O–H groups in total. The van der Waals surface area contributed by atoms with Crippen molar-refractivity contribution in [1.29, 1.82) is 0 Å². The van der Waals surface area contributed by atoms with Crippen LogP contribution in [0.4, 0.5) is 0 Å². The summed E-state index contributed by atoms with van der Waals surface area (Å²) in [6, 6.07) is 26.4. The van der Waals surface area contributed by atoms with Gasteiger partial charge in [-0.3, -0.25) is 5.32 Å². The number of hydrogen-bond donors (Lipinski definition) is 1. The Morgan fingerprint density at radius 1 is 0.784 bits per heavy atom. The number of aldehydes is 1.